The normalized spacial score (nSPS) is 12.9. The van der Waals surface area contributed by atoms with Crippen molar-refractivity contribution in [1.82, 2.24) is 9.88 Å². The zero-order chi connectivity index (χ0) is 13.9. The van der Waals surface area contributed by atoms with Gasteiger partial charge in [0.1, 0.15) is 0 Å². The molecular formula is C16H10N2O2. The van der Waals surface area contributed by atoms with Crippen LogP contribution in [0.5, 0.6) is 0 Å². The number of carbonyl (C=O) groups is 2. The highest BCUT2D eigenvalue weighted by molar-refractivity contribution is 6.21. The zero-order valence-electron chi connectivity index (χ0n) is 10.5. The largest absolute Gasteiger partial charge is 0.269 e. The van der Waals surface area contributed by atoms with Crippen LogP contribution < -0.4 is 0 Å². The van der Waals surface area contributed by atoms with Crippen molar-refractivity contribution in [2.24, 2.45) is 0 Å². The van der Waals surface area contributed by atoms with Gasteiger partial charge in [0.2, 0.25) is 0 Å². The Balaban J connectivity index is 1.80. The lowest BCUT2D eigenvalue weighted by molar-refractivity contribution is 0.0675. The molecule has 0 fully saturated rings. The number of amides is 2. The van der Waals surface area contributed by atoms with E-state index in [0.29, 0.717) is 11.1 Å². The Hall–Kier alpha value is -2.93. The van der Waals surface area contributed by atoms with Gasteiger partial charge in [-0.15, -0.1) is 0 Å². The van der Waals surface area contributed by atoms with Crippen molar-refractivity contribution in [3.05, 3.63) is 65.5 Å². The van der Waals surface area contributed by atoms with Gasteiger partial charge in [-0.25, -0.2) is 0 Å². The summed E-state index contributed by atoms with van der Waals surface area (Å²) in [5, 5.41) is 0. The Bertz CT molecular complexity index is 707. The highest BCUT2D eigenvalue weighted by Gasteiger charge is 2.34. The van der Waals surface area contributed by atoms with Gasteiger partial charge in [-0.05, 0) is 24.3 Å². The summed E-state index contributed by atoms with van der Waals surface area (Å²) in [6, 6.07) is 10.4. The highest BCUT2D eigenvalue weighted by Crippen LogP contribution is 2.21. The summed E-state index contributed by atoms with van der Waals surface area (Å²) < 4.78 is 0. The molecule has 0 aliphatic carbocycles. The minimum absolute atomic E-state index is 0.0846. The number of pyridine rings is 1. The summed E-state index contributed by atoms with van der Waals surface area (Å²) in [5.74, 6) is 5.14. The first-order valence-corrected chi connectivity index (χ1v) is 6.11. The molecule has 0 N–H and O–H groups in total. The number of hydrogen-bond acceptors (Lipinski definition) is 3. The number of fused-ring (bicyclic) bond motifs is 1. The molecule has 0 atom stereocenters. The quantitative estimate of drug-likeness (QED) is 0.581. The Kier molecular flexibility index (Phi) is 3.02. The van der Waals surface area contributed by atoms with Crippen LogP contribution in [0.25, 0.3) is 0 Å². The van der Waals surface area contributed by atoms with Crippen molar-refractivity contribution in [3.8, 4) is 11.8 Å². The Morgan fingerprint density at radius 3 is 2.30 bits per heavy atom. The fourth-order valence-corrected chi connectivity index (χ4v) is 2.04. The average Bonchev–Trinajstić information content (AvgIpc) is 2.74. The van der Waals surface area contributed by atoms with E-state index in [-0.39, 0.29) is 18.4 Å². The molecule has 1 aromatic heterocycles. The lowest BCUT2D eigenvalue weighted by atomic mass is 10.1. The number of rotatable bonds is 1. The third-order valence-corrected chi connectivity index (χ3v) is 3.01. The fraction of sp³-hybridized carbons (Fsp3) is 0.0625. The van der Waals surface area contributed by atoms with E-state index in [0.717, 1.165) is 10.5 Å². The lowest BCUT2D eigenvalue weighted by Crippen LogP contribution is -2.29. The second kappa shape index (κ2) is 4.98. The van der Waals surface area contributed by atoms with Crippen molar-refractivity contribution in [2.75, 3.05) is 6.54 Å². The molecule has 20 heavy (non-hydrogen) atoms. The van der Waals surface area contributed by atoms with Crippen LogP contribution in [-0.4, -0.2) is 28.2 Å². The summed E-state index contributed by atoms with van der Waals surface area (Å²) in [4.78, 5) is 29.3. The first-order valence-electron chi connectivity index (χ1n) is 6.11. The van der Waals surface area contributed by atoms with Crippen LogP contribution in [0.1, 0.15) is 26.3 Å². The fourth-order valence-electron chi connectivity index (χ4n) is 2.04. The van der Waals surface area contributed by atoms with E-state index < -0.39 is 0 Å². The maximum absolute atomic E-state index is 12.1. The lowest BCUT2D eigenvalue weighted by Gasteiger charge is -2.08. The molecule has 2 aromatic rings. The smallest absolute Gasteiger partial charge is 0.262 e. The molecule has 1 aliphatic rings. The monoisotopic (exact) mass is 262 g/mol. The average molecular weight is 262 g/mol. The van der Waals surface area contributed by atoms with Crippen LogP contribution in [0.4, 0.5) is 0 Å². The van der Waals surface area contributed by atoms with Crippen LogP contribution in [0, 0.1) is 11.8 Å². The van der Waals surface area contributed by atoms with Crippen LogP contribution in [0.3, 0.4) is 0 Å². The van der Waals surface area contributed by atoms with Gasteiger partial charge in [0.05, 0.1) is 17.7 Å². The zero-order valence-corrected chi connectivity index (χ0v) is 10.5. The van der Waals surface area contributed by atoms with Gasteiger partial charge < -0.3 is 0 Å². The molecule has 3 rings (SSSR count). The molecule has 4 heteroatoms. The predicted octanol–water partition coefficient (Wildman–Crippen LogP) is 1.73. The van der Waals surface area contributed by atoms with E-state index in [2.05, 4.69) is 16.8 Å². The second-order valence-corrected chi connectivity index (χ2v) is 4.29. The molecule has 0 unspecified atom stereocenters. The van der Waals surface area contributed by atoms with Crippen molar-refractivity contribution in [2.45, 2.75) is 0 Å². The van der Waals surface area contributed by atoms with Crippen molar-refractivity contribution in [3.63, 3.8) is 0 Å². The molecule has 1 aromatic carbocycles. The van der Waals surface area contributed by atoms with Gasteiger partial charge >= 0.3 is 0 Å². The Labute approximate surface area is 116 Å². The summed E-state index contributed by atoms with van der Waals surface area (Å²) in [7, 11) is 0. The van der Waals surface area contributed by atoms with E-state index in [1.807, 2.05) is 6.07 Å². The molecule has 0 saturated heterocycles. The molecule has 4 nitrogen and oxygen atoms in total. The van der Waals surface area contributed by atoms with Gasteiger partial charge in [-0.2, -0.15) is 0 Å². The van der Waals surface area contributed by atoms with Crippen molar-refractivity contribution >= 4 is 11.8 Å². The summed E-state index contributed by atoms with van der Waals surface area (Å²) >= 11 is 0. The topological polar surface area (TPSA) is 50.3 Å². The summed E-state index contributed by atoms with van der Waals surface area (Å²) in [5.41, 5.74) is 1.64. The van der Waals surface area contributed by atoms with E-state index in [9.17, 15) is 9.59 Å². The highest BCUT2D eigenvalue weighted by atomic mass is 16.2. The SMILES string of the molecule is O=C1c2ccccc2C(=O)N1CC#Cc1cccnc1. The number of carbonyl (C=O) groups excluding carboxylic acids is 2. The van der Waals surface area contributed by atoms with E-state index in [1.54, 1.807) is 42.7 Å². The Morgan fingerprint density at radius 1 is 1.00 bits per heavy atom. The minimum atomic E-state index is -0.286. The van der Waals surface area contributed by atoms with Crippen LogP contribution >= 0.6 is 0 Å². The second-order valence-electron chi connectivity index (χ2n) is 4.29. The van der Waals surface area contributed by atoms with Crippen molar-refractivity contribution < 1.29 is 9.59 Å². The minimum Gasteiger partial charge on any atom is -0.269 e. The number of aromatic nitrogens is 1. The van der Waals surface area contributed by atoms with Crippen LogP contribution in [0.2, 0.25) is 0 Å². The number of nitrogens with zero attached hydrogens (tertiary/aromatic N) is 2. The van der Waals surface area contributed by atoms with Gasteiger partial charge in [0, 0.05) is 18.0 Å². The molecular weight excluding hydrogens is 252 g/mol. The van der Waals surface area contributed by atoms with E-state index in [4.69, 9.17) is 0 Å². The van der Waals surface area contributed by atoms with E-state index in [1.165, 1.54) is 0 Å². The van der Waals surface area contributed by atoms with Crippen molar-refractivity contribution in [1.29, 1.82) is 0 Å². The molecule has 0 bridgehead atoms. The maximum Gasteiger partial charge on any atom is 0.262 e. The molecule has 2 amide bonds. The number of hydrogen-bond donors (Lipinski definition) is 0. The standard InChI is InChI=1S/C16H10N2O2/c19-15-13-7-1-2-8-14(13)16(20)18(15)10-4-6-12-5-3-9-17-11-12/h1-3,5,7-9,11H,10H2. The van der Waals surface area contributed by atoms with Gasteiger partial charge in [0.25, 0.3) is 11.8 Å². The molecule has 0 saturated carbocycles. The summed E-state index contributed by atoms with van der Waals surface area (Å²) in [6.07, 6.45) is 3.30. The van der Waals surface area contributed by atoms with Gasteiger partial charge in [-0.1, -0.05) is 24.0 Å². The first kappa shape index (κ1) is 12.1. The molecule has 96 valence electrons. The molecule has 0 spiro atoms. The number of benzene rings is 1. The predicted molar refractivity (Wildman–Crippen MR) is 72.9 cm³/mol. The van der Waals surface area contributed by atoms with Crippen LogP contribution in [-0.2, 0) is 0 Å². The van der Waals surface area contributed by atoms with E-state index >= 15 is 0 Å². The molecule has 2 heterocycles. The number of imide groups is 1. The third-order valence-electron chi connectivity index (χ3n) is 3.01. The summed E-state index contributed by atoms with van der Waals surface area (Å²) in [6.45, 7) is 0.0846. The molecule has 1 aliphatic heterocycles. The van der Waals surface area contributed by atoms with Gasteiger partial charge in [-0.3, -0.25) is 19.5 Å². The molecule has 0 radical (unpaired) electrons. The first-order chi connectivity index (χ1) is 9.77. The third kappa shape index (κ3) is 2.06. The Morgan fingerprint density at radius 2 is 1.70 bits per heavy atom. The van der Waals surface area contributed by atoms with Gasteiger partial charge in [0.15, 0.2) is 0 Å². The van der Waals surface area contributed by atoms with Crippen LogP contribution in [0.15, 0.2) is 48.8 Å². The maximum atomic E-state index is 12.1.